The molecule has 1 N–H and O–H groups in total. The van der Waals surface area contributed by atoms with Crippen LogP contribution in [0.4, 0.5) is 18.9 Å². The molecule has 19 heavy (non-hydrogen) atoms. The Morgan fingerprint density at radius 1 is 1.37 bits per heavy atom. The van der Waals surface area contributed by atoms with Crippen molar-refractivity contribution >= 4 is 39.1 Å². The lowest BCUT2D eigenvalue weighted by Crippen LogP contribution is -2.27. The molecule has 1 atom stereocenters. The topological polar surface area (TPSA) is 29.1 Å². The number of alkyl halides is 4. The molecule has 0 aliphatic carbocycles. The highest BCUT2D eigenvalue weighted by Crippen LogP contribution is 2.34. The van der Waals surface area contributed by atoms with Crippen molar-refractivity contribution < 1.29 is 18.0 Å². The van der Waals surface area contributed by atoms with E-state index in [1.807, 2.05) is 13.8 Å². The molecule has 0 heterocycles. The largest absolute Gasteiger partial charge is 0.416 e. The van der Waals surface area contributed by atoms with Gasteiger partial charge in [-0.3, -0.25) is 4.79 Å². The molecule has 1 aromatic rings. The number of nitrogens with one attached hydrogen (secondary N) is 1. The van der Waals surface area contributed by atoms with Crippen LogP contribution in [0.5, 0.6) is 0 Å². The van der Waals surface area contributed by atoms with Crippen LogP contribution in [0.15, 0.2) is 18.2 Å². The van der Waals surface area contributed by atoms with E-state index in [2.05, 4.69) is 21.2 Å². The summed E-state index contributed by atoms with van der Waals surface area (Å²) < 4.78 is 37.3. The van der Waals surface area contributed by atoms with Crippen LogP contribution in [0.25, 0.3) is 0 Å². The van der Waals surface area contributed by atoms with Crippen LogP contribution in [-0.4, -0.2) is 10.7 Å². The number of hydrogen-bond acceptors (Lipinski definition) is 1. The van der Waals surface area contributed by atoms with E-state index >= 15 is 0 Å². The molecule has 1 amide bonds. The maximum atomic E-state index is 12.4. The Balaban J connectivity index is 2.90. The molecule has 0 fully saturated rings. The van der Waals surface area contributed by atoms with Gasteiger partial charge in [0, 0.05) is 0 Å². The zero-order valence-electron chi connectivity index (χ0n) is 10.2. The molecule has 0 saturated heterocycles. The first-order chi connectivity index (χ1) is 8.62. The molecule has 2 nitrogen and oxygen atoms in total. The van der Waals surface area contributed by atoms with Gasteiger partial charge in [-0.25, -0.2) is 0 Å². The second kappa shape index (κ2) is 6.13. The van der Waals surface area contributed by atoms with E-state index in [1.165, 1.54) is 0 Å². The highest BCUT2D eigenvalue weighted by atomic mass is 79.9. The van der Waals surface area contributed by atoms with E-state index in [4.69, 9.17) is 11.6 Å². The van der Waals surface area contributed by atoms with Crippen LogP contribution in [0, 0.1) is 5.92 Å². The Bertz CT molecular complexity index is 477. The van der Waals surface area contributed by atoms with Gasteiger partial charge in [-0.05, 0) is 24.1 Å². The van der Waals surface area contributed by atoms with Gasteiger partial charge in [0.2, 0.25) is 5.91 Å². The lowest BCUT2D eigenvalue weighted by molar-refractivity contribution is -0.137. The minimum atomic E-state index is -4.46. The van der Waals surface area contributed by atoms with Gasteiger partial charge in [0.1, 0.15) is 0 Å². The van der Waals surface area contributed by atoms with Crippen molar-refractivity contribution in [2.24, 2.45) is 5.92 Å². The molecule has 0 aromatic heterocycles. The minimum Gasteiger partial charge on any atom is -0.324 e. The smallest absolute Gasteiger partial charge is 0.324 e. The molecule has 0 aliphatic heterocycles. The Morgan fingerprint density at radius 2 is 1.95 bits per heavy atom. The van der Waals surface area contributed by atoms with Gasteiger partial charge in [0.05, 0.1) is 21.1 Å². The van der Waals surface area contributed by atoms with Crippen molar-refractivity contribution in [3.05, 3.63) is 28.8 Å². The Kier molecular flexibility index (Phi) is 5.26. The highest BCUT2D eigenvalue weighted by Gasteiger charge is 2.31. The zero-order valence-corrected chi connectivity index (χ0v) is 12.5. The van der Waals surface area contributed by atoms with Crippen molar-refractivity contribution in [2.75, 3.05) is 5.32 Å². The number of hydrogen-bond donors (Lipinski definition) is 1. The first-order valence-corrected chi connectivity index (χ1v) is 6.74. The maximum Gasteiger partial charge on any atom is 0.416 e. The summed E-state index contributed by atoms with van der Waals surface area (Å²) in [6, 6.07) is 2.80. The summed E-state index contributed by atoms with van der Waals surface area (Å²) >= 11 is 8.93. The highest BCUT2D eigenvalue weighted by molar-refractivity contribution is 9.10. The molecule has 1 rings (SSSR count). The SMILES string of the molecule is CC(C)C(Br)C(=O)Nc1ccc(C(F)(F)F)cc1Cl. The van der Waals surface area contributed by atoms with Gasteiger partial charge >= 0.3 is 6.18 Å². The molecule has 0 spiro atoms. The van der Waals surface area contributed by atoms with Crippen molar-refractivity contribution in [3.63, 3.8) is 0 Å². The van der Waals surface area contributed by atoms with Gasteiger partial charge in [-0.2, -0.15) is 13.2 Å². The van der Waals surface area contributed by atoms with Gasteiger partial charge in [-0.15, -0.1) is 0 Å². The summed E-state index contributed by atoms with van der Waals surface area (Å²) in [5, 5.41) is 2.34. The fraction of sp³-hybridized carbons (Fsp3) is 0.417. The third kappa shape index (κ3) is 4.38. The lowest BCUT2D eigenvalue weighted by atomic mass is 10.1. The van der Waals surface area contributed by atoms with Crippen molar-refractivity contribution in [3.8, 4) is 0 Å². The Hall–Kier alpha value is -0.750. The van der Waals surface area contributed by atoms with Crippen LogP contribution in [0.2, 0.25) is 5.02 Å². The Labute approximate surface area is 122 Å². The van der Waals surface area contributed by atoms with E-state index in [9.17, 15) is 18.0 Å². The number of carbonyl (C=O) groups excluding carboxylic acids is 1. The predicted molar refractivity (Wildman–Crippen MR) is 72.6 cm³/mol. The van der Waals surface area contributed by atoms with E-state index in [0.29, 0.717) is 0 Å². The fourth-order valence-corrected chi connectivity index (χ4v) is 1.64. The number of anilines is 1. The summed E-state index contributed by atoms with van der Waals surface area (Å²) in [4.78, 5) is 11.3. The summed E-state index contributed by atoms with van der Waals surface area (Å²) in [6.07, 6.45) is -4.46. The van der Waals surface area contributed by atoms with E-state index in [-0.39, 0.29) is 22.5 Å². The second-order valence-corrected chi connectivity index (χ2v) is 5.72. The van der Waals surface area contributed by atoms with E-state index in [0.717, 1.165) is 18.2 Å². The van der Waals surface area contributed by atoms with Crippen LogP contribution < -0.4 is 5.32 Å². The van der Waals surface area contributed by atoms with Gasteiger partial charge in [0.25, 0.3) is 0 Å². The number of benzene rings is 1. The number of carbonyl (C=O) groups is 1. The summed E-state index contributed by atoms with van der Waals surface area (Å²) in [7, 11) is 0. The fourth-order valence-electron chi connectivity index (χ4n) is 1.30. The van der Waals surface area contributed by atoms with E-state index in [1.54, 1.807) is 0 Å². The summed E-state index contributed by atoms with van der Waals surface area (Å²) in [5.41, 5.74) is -0.695. The number of rotatable bonds is 3. The van der Waals surface area contributed by atoms with Crippen molar-refractivity contribution in [1.82, 2.24) is 0 Å². The molecule has 0 radical (unpaired) electrons. The standard InChI is InChI=1S/C12H12BrClF3NO/c1-6(2)10(13)11(19)18-9-4-3-7(5-8(9)14)12(15,16)17/h3-6,10H,1-2H3,(H,18,19). The third-order valence-corrected chi connectivity index (χ3v) is 4.18. The molecule has 0 bridgehead atoms. The first kappa shape index (κ1) is 16.3. The van der Waals surface area contributed by atoms with Crippen molar-refractivity contribution in [2.45, 2.75) is 24.9 Å². The van der Waals surface area contributed by atoms with Crippen LogP contribution >= 0.6 is 27.5 Å². The third-order valence-electron chi connectivity index (χ3n) is 2.39. The second-order valence-electron chi connectivity index (χ2n) is 4.33. The number of halogens is 5. The molecule has 1 unspecified atom stereocenters. The van der Waals surface area contributed by atoms with Crippen LogP contribution in [0.1, 0.15) is 19.4 Å². The molecular weight excluding hydrogens is 346 g/mol. The molecular formula is C12H12BrClF3NO. The van der Waals surface area contributed by atoms with Crippen LogP contribution in [-0.2, 0) is 11.0 Å². The molecule has 106 valence electrons. The lowest BCUT2D eigenvalue weighted by Gasteiger charge is -2.15. The van der Waals surface area contributed by atoms with Crippen molar-refractivity contribution in [1.29, 1.82) is 0 Å². The van der Waals surface area contributed by atoms with Gasteiger partial charge in [-0.1, -0.05) is 41.4 Å². The molecule has 0 saturated carbocycles. The average molecular weight is 359 g/mol. The maximum absolute atomic E-state index is 12.4. The molecule has 7 heteroatoms. The van der Waals surface area contributed by atoms with Gasteiger partial charge < -0.3 is 5.32 Å². The normalized spacial score (nSPS) is 13.5. The summed E-state index contributed by atoms with van der Waals surface area (Å²) in [5.74, 6) is -0.301. The molecule has 0 aliphatic rings. The molecule has 1 aromatic carbocycles. The Morgan fingerprint density at radius 3 is 2.37 bits per heavy atom. The van der Waals surface area contributed by atoms with Gasteiger partial charge in [0.15, 0.2) is 0 Å². The first-order valence-electron chi connectivity index (χ1n) is 5.44. The van der Waals surface area contributed by atoms with Crippen LogP contribution in [0.3, 0.4) is 0 Å². The average Bonchev–Trinajstić information content (AvgIpc) is 2.29. The quantitative estimate of drug-likeness (QED) is 0.779. The predicted octanol–water partition coefficient (Wildman–Crippen LogP) is 4.72. The number of amides is 1. The van der Waals surface area contributed by atoms with E-state index < -0.39 is 16.6 Å². The zero-order chi connectivity index (χ0) is 14.8. The summed E-state index contributed by atoms with van der Waals surface area (Å²) in [6.45, 7) is 3.68. The minimum absolute atomic E-state index is 0.0493. The monoisotopic (exact) mass is 357 g/mol.